The van der Waals surface area contributed by atoms with Gasteiger partial charge in [-0.15, -0.1) is 0 Å². The minimum atomic E-state index is -1.31. The zero-order valence-corrected chi connectivity index (χ0v) is 12.1. The van der Waals surface area contributed by atoms with Gasteiger partial charge in [-0.2, -0.15) is 0 Å². The van der Waals surface area contributed by atoms with Crippen LogP contribution < -0.4 is 10.6 Å². The minimum absolute atomic E-state index is 0.265. The van der Waals surface area contributed by atoms with E-state index >= 15 is 0 Å². The number of methoxy groups -OCH3 is 1. The van der Waals surface area contributed by atoms with E-state index in [1.54, 1.807) is 0 Å². The summed E-state index contributed by atoms with van der Waals surface area (Å²) in [5, 5.41) is 13.6. The topological polar surface area (TPSA) is 114 Å². The van der Waals surface area contributed by atoms with Crippen molar-refractivity contribution in [2.75, 3.05) is 20.3 Å². The maximum Gasteiger partial charge on any atom is 0.326 e. The van der Waals surface area contributed by atoms with Crippen LogP contribution in [0.4, 0.5) is 4.79 Å². The zero-order chi connectivity index (χ0) is 15.7. The predicted octanol–water partition coefficient (Wildman–Crippen LogP) is 0.261. The Kier molecular flexibility index (Phi) is 7.52. The van der Waals surface area contributed by atoms with Crippen molar-refractivity contribution in [2.45, 2.75) is 44.2 Å². The highest BCUT2D eigenvalue weighted by Crippen LogP contribution is 2.20. The first kappa shape index (κ1) is 17.2. The lowest BCUT2D eigenvalue weighted by Gasteiger charge is -2.15. The van der Waals surface area contributed by atoms with Crippen LogP contribution >= 0.6 is 0 Å². The molecular weight excluding hydrogens is 280 g/mol. The van der Waals surface area contributed by atoms with Crippen LogP contribution in [0.3, 0.4) is 0 Å². The van der Waals surface area contributed by atoms with Gasteiger partial charge in [-0.05, 0) is 12.8 Å². The molecule has 0 aliphatic heterocycles. The number of hydrogen-bond acceptors (Lipinski definition) is 5. The second kappa shape index (κ2) is 9.17. The van der Waals surface area contributed by atoms with E-state index in [4.69, 9.17) is 9.84 Å². The van der Waals surface area contributed by atoms with E-state index in [9.17, 15) is 14.4 Å². The molecule has 120 valence electrons. The summed E-state index contributed by atoms with van der Waals surface area (Å²) >= 11 is 0. The number of rotatable bonds is 8. The number of esters is 1. The molecule has 1 fully saturated rings. The van der Waals surface area contributed by atoms with Crippen molar-refractivity contribution in [3.8, 4) is 0 Å². The molecule has 0 radical (unpaired) electrons. The van der Waals surface area contributed by atoms with Gasteiger partial charge in [0.25, 0.3) is 0 Å². The maximum absolute atomic E-state index is 11.5. The van der Waals surface area contributed by atoms with Crippen molar-refractivity contribution in [1.29, 1.82) is 0 Å². The molecule has 1 rings (SSSR count). The van der Waals surface area contributed by atoms with Crippen LogP contribution in [0.5, 0.6) is 0 Å². The van der Waals surface area contributed by atoms with Crippen LogP contribution in [0.25, 0.3) is 0 Å². The molecule has 0 aromatic carbocycles. The highest BCUT2D eigenvalue weighted by atomic mass is 16.5. The number of urea groups is 1. The van der Waals surface area contributed by atoms with Crippen molar-refractivity contribution in [3.05, 3.63) is 0 Å². The van der Waals surface area contributed by atoms with Crippen LogP contribution in [0.1, 0.15) is 32.1 Å². The second-order valence-electron chi connectivity index (χ2n) is 4.85. The number of nitrogens with one attached hydrogen (secondary N) is 2. The van der Waals surface area contributed by atoms with Gasteiger partial charge in [0, 0.05) is 6.54 Å². The van der Waals surface area contributed by atoms with Gasteiger partial charge in [0.05, 0.1) is 26.2 Å². The monoisotopic (exact) mass is 302 g/mol. The normalized spacial score (nSPS) is 16.2. The number of aliphatic carboxylic acids is 1. The predicted molar refractivity (Wildman–Crippen MR) is 72.8 cm³/mol. The van der Waals surface area contributed by atoms with E-state index < -0.39 is 30.4 Å². The average molecular weight is 302 g/mol. The summed E-state index contributed by atoms with van der Waals surface area (Å²) in [6.45, 7) is 0.666. The van der Waals surface area contributed by atoms with Crippen LogP contribution in [-0.2, 0) is 19.1 Å². The molecule has 1 aliphatic carbocycles. The van der Waals surface area contributed by atoms with E-state index in [-0.39, 0.29) is 12.6 Å². The van der Waals surface area contributed by atoms with E-state index in [2.05, 4.69) is 15.4 Å². The molecule has 1 saturated carbocycles. The second-order valence-corrected chi connectivity index (χ2v) is 4.85. The Hall–Kier alpha value is -1.83. The van der Waals surface area contributed by atoms with Gasteiger partial charge in [-0.25, -0.2) is 9.59 Å². The highest BCUT2D eigenvalue weighted by molar-refractivity contribution is 5.86. The molecule has 0 aromatic heterocycles. The number of carboxylic acids is 1. The van der Waals surface area contributed by atoms with Crippen LogP contribution in [0.2, 0.25) is 0 Å². The summed E-state index contributed by atoms with van der Waals surface area (Å²) in [6.07, 6.45) is 4.29. The van der Waals surface area contributed by atoms with Gasteiger partial charge in [-0.1, -0.05) is 12.8 Å². The summed E-state index contributed by atoms with van der Waals surface area (Å²) in [4.78, 5) is 33.5. The fourth-order valence-electron chi connectivity index (χ4n) is 2.10. The summed E-state index contributed by atoms with van der Waals surface area (Å²) < 4.78 is 9.93. The number of carbonyl (C=O) groups excluding carboxylic acids is 2. The molecule has 0 saturated heterocycles. The number of hydrogen-bond donors (Lipinski definition) is 3. The molecule has 0 bridgehead atoms. The molecule has 8 heteroatoms. The van der Waals surface area contributed by atoms with Gasteiger partial charge < -0.3 is 25.2 Å². The molecule has 0 aromatic rings. The SMILES string of the molecule is COC(=O)C[C@H](NC(=O)NCCOC1CCCC1)C(=O)O. The largest absolute Gasteiger partial charge is 0.480 e. The van der Waals surface area contributed by atoms with E-state index in [0.29, 0.717) is 6.61 Å². The lowest BCUT2D eigenvalue weighted by molar-refractivity contribution is -0.147. The first-order valence-corrected chi connectivity index (χ1v) is 6.98. The van der Waals surface area contributed by atoms with Crippen LogP contribution in [0.15, 0.2) is 0 Å². The molecule has 0 spiro atoms. The van der Waals surface area contributed by atoms with Gasteiger partial charge in [0.15, 0.2) is 0 Å². The Labute approximate surface area is 123 Å². The molecule has 1 aliphatic rings. The lowest BCUT2D eigenvalue weighted by Crippen LogP contribution is -2.47. The maximum atomic E-state index is 11.5. The van der Waals surface area contributed by atoms with Crippen LogP contribution in [-0.4, -0.2) is 55.5 Å². The number of carbonyl (C=O) groups is 3. The molecule has 21 heavy (non-hydrogen) atoms. The standard InChI is InChI=1S/C13H22N2O6/c1-20-11(16)8-10(12(17)18)15-13(19)14-6-7-21-9-4-2-3-5-9/h9-10H,2-8H2,1H3,(H,17,18)(H2,14,15,19)/t10-/m0/s1. The Morgan fingerprint density at radius 2 is 1.95 bits per heavy atom. The van der Waals surface area contributed by atoms with Crippen molar-refractivity contribution in [2.24, 2.45) is 0 Å². The molecule has 8 nitrogen and oxygen atoms in total. The van der Waals surface area contributed by atoms with Gasteiger partial charge in [0.1, 0.15) is 6.04 Å². The molecular formula is C13H22N2O6. The minimum Gasteiger partial charge on any atom is -0.480 e. The fourth-order valence-corrected chi connectivity index (χ4v) is 2.10. The third-order valence-electron chi connectivity index (χ3n) is 3.25. The smallest absolute Gasteiger partial charge is 0.326 e. The van der Waals surface area contributed by atoms with Crippen molar-refractivity contribution in [1.82, 2.24) is 10.6 Å². The van der Waals surface area contributed by atoms with Crippen molar-refractivity contribution >= 4 is 18.0 Å². The number of ether oxygens (including phenoxy) is 2. The highest BCUT2D eigenvalue weighted by Gasteiger charge is 2.23. The Bertz CT molecular complexity index is 368. The quantitative estimate of drug-likeness (QED) is 0.438. The summed E-state index contributed by atoms with van der Waals surface area (Å²) in [7, 11) is 1.15. The Balaban J connectivity index is 2.20. The molecule has 0 unspecified atom stereocenters. The van der Waals surface area contributed by atoms with Crippen LogP contribution in [0, 0.1) is 0 Å². The summed E-state index contributed by atoms with van der Waals surface area (Å²) in [5.41, 5.74) is 0. The average Bonchev–Trinajstić information content (AvgIpc) is 2.95. The summed E-state index contributed by atoms with van der Waals surface area (Å²) in [5.74, 6) is -2.00. The Morgan fingerprint density at radius 3 is 2.52 bits per heavy atom. The van der Waals surface area contributed by atoms with Crippen molar-refractivity contribution < 1.29 is 29.0 Å². The first-order chi connectivity index (χ1) is 10.0. The summed E-state index contributed by atoms with van der Waals surface area (Å²) in [6, 6.07) is -1.96. The number of amides is 2. The third-order valence-corrected chi connectivity index (χ3v) is 3.25. The fraction of sp³-hybridized carbons (Fsp3) is 0.769. The van der Waals surface area contributed by atoms with E-state index in [0.717, 1.165) is 20.0 Å². The zero-order valence-electron chi connectivity index (χ0n) is 12.1. The third kappa shape index (κ3) is 6.94. The van der Waals surface area contributed by atoms with Gasteiger partial charge in [0.2, 0.25) is 0 Å². The van der Waals surface area contributed by atoms with Crippen molar-refractivity contribution in [3.63, 3.8) is 0 Å². The van der Waals surface area contributed by atoms with E-state index in [1.807, 2.05) is 0 Å². The van der Waals surface area contributed by atoms with E-state index in [1.165, 1.54) is 12.8 Å². The molecule has 2 amide bonds. The first-order valence-electron chi connectivity index (χ1n) is 6.98. The number of carboxylic acid groups (broad SMARTS) is 1. The molecule has 0 heterocycles. The van der Waals surface area contributed by atoms with Gasteiger partial charge >= 0.3 is 18.0 Å². The molecule has 1 atom stereocenters. The molecule has 3 N–H and O–H groups in total. The van der Waals surface area contributed by atoms with Gasteiger partial charge in [-0.3, -0.25) is 4.79 Å². The Morgan fingerprint density at radius 1 is 1.29 bits per heavy atom. The lowest BCUT2D eigenvalue weighted by atomic mass is 10.2.